The van der Waals surface area contributed by atoms with Crippen LogP contribution in [-0.2, 0) is 26.7 Å². The van der Waals surface area contributed by atoms with Gasteiger partial charge in [0.05, 0.1) is 30.7 Å². The Morgan fingerprint density at radius 2 is 1.49 bits per heavy atom. The fraction of sp³-hybridized carbons (Fsp3) is 0.378. The van der Waals surface area contributed by atoms with Crippen LogP contribution in [0.4, 0.5) is 15.3 Å². The summed E-state index contributed by atoms with van der Waals surface area (Å²) < 4.78 is 43.6. The molecule has 5 aromatic rings. The summed E-state index contributed by atoms with van der Waals surface area (Å²) in [5.74, 6) is 0.411. The van der Waals surface area contributed by atoms with Gasteiger partial charge in [-0.2, -0.15) is 9.46 Å². The zero-order chi connectivity index (χ0) is 42.4. The van der Waals surface area contributed by atoms with Gasteiger partial charge in [0.25, 0.3) is 0 Å². The van der Waals surface area contributed by atoms with Crippen molar-refractivity contribution >= 4 is 27.7 Å². The summed E-state index contributed by atoms with van der Waals surface area (Å²) in [5, 5.41) is 7.57. The fourth-order valence-electron chi connectivity index (χ4n) is 6.88. The van der Waals surface area contributed by atoms with Gasteiger partial charge in [-0.05, 0) is 54.9 Å². The van der Waals surface area contributed by atoms with Gasteiger partial charge in [0.15, 0.2) is 9.92 Å². The first-order chi connectivity index (χ1) is 28.1. The highest BCUT2D eigenvalue weighted by Crippen LogP contribution is 2.43. The lowest BCUT2D eigenvalue weighted by atomic mass is 9.78. The number of aryl methyl sites for hydroxylation is 1. The third-order valence-electron chi connectivity index (χ3n) is 9.73. The molecule has 2 N–H and O–H groups in total. The van der Waals surface area contributed by atoms with Gasteiger partial charge in [0.1, 0.15) is 22.6 Å². The summed E-state index contributed by atoms with van der Waals surface area (Å²) in [7, 11) is -2.28. The van der Waals surface area contributed by atoms with Crippen LogP contribution in [0.15, 0.2) is 113 Å². The fourth-order valence-corrected chi connectivity index (χ4v) is 8.73. The second-order valence-corrected chi connectivity index (χ2v) is 18.0. The van der Waals surface area contributed by atoms with Crippen LogP contribution in [0.25, 0.3) is 0 Å². The van der Waals surface area contributed by atoms with E-state index in [1.54, 1.807) is 17.8 Å². The summed E-state index contributed by atoms with van der Waals surface area (Å²) in [6, 6.07) is 30.0. The number of carbonyl (C=O) groups is 2. The summed E-state index contributed by atoms with van der Waals surface area (Å²) >= 11 is 0. The lowest BCUT2D eigenvalue weighted by Crippen LogP contribution is -2.38. The van der Waals surface area contributed by atoms with Gasteiger partial charge in [-0.15, -0.1) is 0 Å². The Morgan fingerprint density at radius 1 is 0.915 bits per heavy atom. The number of anilines is 1. The third-order valence-corrected chi connectivity index (χ3v) is 11.6. The average Bonchev–Trinajstić information content (AvgIpc) is 3.66. The molecule has 2 aromatic heterocycles. The van der Waals surface area contributed by atoms with Crippen LogP contribution >= 0.6 is 0 Å². The maximum absolute atomic E-state index is 16.1. The molecule has 1 aliphatic heterocycles. The standard InChI is InChI=1S/C45H55N7O6S/c1-31(2)36-29-38(56-28-26-51(8)43(54)58-44(5,6)7)47-39(32(3)4)40(36)48-42(53)49-59(55,37-30-46-52-25-18-27-57-41(37)52)50-45(33-19-12-9-13-20-33,34-21-14-10-15-22-34)35-23-16-11-17-24-35/h9-17,19-24,29-32H,18,25-28H2,1-8H3,(H2,48,49,50,53,55). The molecule has 1 aliphatic rings. The molecule has 3 heterocycles. The van der Waals surface area contributed by atoms with Crippen molar-refractivity contribution in [3.63, 3.8) is 0 Å². The van der Waals surface area contributed by atoms with Crippen molar-refractivity contribution in [2.75, 3.05) is 32.1 Å². The van der Waals surface area contributed by atoms with E-state index in [4.69, 9.17) is 23.6 Å². The van der Waals surface area contributed by atoms with Crippen LogP contribution in [-0.4, -0.2) is 68.4 Å². The molecule has 0 saturated heterocycles. The minimum atomic E-state index is -3.93. The Bertz CT molecular complexity index is 2230. The van der Waals surface area contributed by atoms with Crippen LogP contribution in [0.5, 0.6) is 11.8 Å². The molecule has 3 amide bonds. The van der Waals surface area contributed by atoms with Gasteiger partial charge in [-0.1, -0.05) is 119 Å². The van der Waals surface area contributed by atoms with E-state index < -0.39 is 33.2 Å². The summed E-state index contributed by atoms with van der Waals surface area (Å²) in [6.07, 6.45) is 1.75. The van der Waals surface area contributed by atoms with Crippen molar-refractivity contribution in [1.29, 1.82) is 0 Å². The number of nitrogens with zero attached hydrogens (tertiary/aromatic N) is 5. The number of aromatic nitrogens is 3. The predicted octanol–water partition coefficient (Wildman–Crippen LogP) is 9.11. The van der Waals surface area contributed by atoms with E-state index in [0.29, 0.717) is 36.3 Å². The Labute approximate surface area is 347 Å². The quantitative estimate of drug-likeness (QED) is 0.112. The molecule has 1 unspecified atom stereocenters. The van der Waals surface area contributed by atoms with Crippen molar-refractivity contribution in [2.45, 2.75) is 89.3 Å². The van der Waals surface area contributed by atoms with Crippen molar-refractivity contribution in [3.05, 3.63) is 131 Å². The number of likely N-dealkylation sites (N-methyl/N-ethyl adjacent to an activating group) is 1. The van der Waals surface area contributed by atoms with Crippen LogP contribution in [0.2, 0.25) is 0 Å². The molecule has 0 radical (unpaired) electrons. The number of rotatable bonds is 13. The van der Waals surface area contributed by atoms with Gasteiger partial charge in [0, 0.05) is 26.1 Å². The van der Waals surface area contributed by atoms with Crippen molar-refractivity contribution in [2.24, 2.45) is 4.36 Å². The highest BCUT2D eigenvalue weighted by molar-refractivity contribution is 7.92. The molecule has 0 bridgehead atoms. The Morgan fingerprint density at radius 3 is 2.02 bits per heavy atom. The number of fused-ring (bicyclic) bond motifs is 1. The molecule has 0 fully saturated rings. The number of pyridine rings is 1. The van der Waals surface area contributed by atoms with Gasteiger partial charge < -0.3 is 24.4 Å². The monoisotopic (exact) mass is 821 g/mol. The van der Waals surface area contributed by atoms with E-state index in [9.17, 15) is 9.59 Å². The first kappa shape index (κ1) is 42.7. The van der Waals surface area contributed by atoms with Gasteiger partial charge in [-0.25, -0.2) is 28.2 Å². The first-order valence-corrected chi connectivity index (χ1v) is 21.5. The van der Waals surface area contributed by atoms with Crippen LogP contribution in [0.3, 0.4) is 0 Å². The highest BCUT2D eigenvalue weighted by atomic mass is 32.2. The maximum Gasteiger partial charge on any atom is 0.410 e. The molecule has 3 aromatic carbocycles. The third kappa shape index (κ3) is 9.71. The summed E-state index contributed by atoms with van der Waals surface area (Å²) in [5.41, 5.74) is 2.06. The number of urea groups is 1. The normalized spacial score (nSPS) is 13.8. The Kier molecular flexibility index (Phi) is 13.0. The maximum atomic E-state index is 16.1. The second-order valence-electron chi connectivity index (χ2n) is 16.1. The SMILES string of the molecule is CC(C)c1cc(OCCN(C)C(=O)OC(C)(C)C)nc(C(C)C)c1NC(=O)NS(=O)(=NC(c1ccccc1)(c1ccccc1)c1ccccc1)c1cnn2c1OCCC2. The van der Waals surface area contributed by atoms with E-state index >= 15 is 4.21 Å². The topological polar surface area (TPSA) is 149 Å². The summed E-state index contributed by atoms with van der Waals surface area (Å²) in [6.45, 7) is 14.8. The van der Waals surface area contributed by atoms with Gasteiger partial charge in [0.2, 0.25) is 11.8 Å². The number of amides is 3. The predicted molar refractivity (Wildman–Crippen MR) is 229 cm³/mol. The van der Waals surface area contributed by atoms with Gasteiger partial charge >= 0.3 is 12.1 Å². The van der Waals surface area contributed by atoms with E-state index in [1.165, 1.54) is 11.1 Å². The van der Waals surface area contributed by atoms with Crippen LogP contribution in [0, 0.1) is 0 Å². The van der Waals surface area contributed by atoms with Crippen molar-refractivity contribution in [3.8, 4) is 11.8 Å². The number of carbonyl (C=O) groups excluding carboxylic acids is 2. The minimum absolute atomic E-state index is 0.0791. The first-order valence-electron chi connectivity index (χ1n) is 20.0. The number of nitrogens with one attached hydrogen (secondary N) is 2. The molecule has 0 spiro atoms. The number of hydrogen-bond donors (Lipinski definition) is 2. The molecule has 59 heavy (non-hydrogen) atoms. The molecule has 14 heteroatoms. The van der Waals surface area contributed by atoms with Crippen molar-refractivity contribution < 1.29 is 28.0 Å². The smallest absolute Gasteiger partial charge is 0.410 e. The molecule has 0 saturated carbocycles. The lowest BCUT2D eigenvalue weighted by Gasteiger charge is -2.33. The van der Waals surface area contributed by atoms with E-state index in [1.807, 2.05) is 139 Å². The average molecular weight is 822 g/mol. The van der Waals surface area contributed by atoms with E-state index in [0.717, 1.165) is 28.7 Å². The number of hydrogen-bond acceptors (Lipinski definition) is 9. The molecule has 312 valence electrons. The van der Waals surface area contributed by atoms with Crippen LogP contribution in [0.1, 0.15) is 94.7 Å². The van der Waals surface area contributed by atoms with E-state index in [2.05, 4.69) is 15.1 Å². The second kappa shape index (κ2) is 17.9. The van der Waals surface area contributed by atoms with Crippen LogP contribution < -0.4 is 19.5 Å². The molecule has 1 atom stereocenters. The molecule has 0 aliphatic carbocycles. The molecular weight excluding hydrogens is 767 g/mol. The zero-order valence-electron chi connectivity index (χ0n) is 35.1. The molecular formula is C45H55N7O6S. The summed E-state index contributed by atoms with van der Waals surface area (Å²) in [4.78, 5) is 33.5. The number of ether oxygens (including phenoxy) is 3. The lowest BCUT2D eigenvalue weighted by molar-refractivity contribution is 0.0277. The van der Waals surface area contributed by atoms with E-state index in [-0.39, 0.29) is 29.9 Å². The van der Waals surface area contributed by atoms with Crippen molar-refractivity contribution in [1.82, 2.24) is 24.4 Å². The minimum Gasteiger partial charge on any atom is -0.477 e. The molecule has 13 nitrogen and oxygen atoms in total. The largest absolute Gasteiger partial charge is 0.477 e. The molecule has 6 rings (SSSR count). The Hall–Kier alpha value is -5.89. The highest BCUT2D eigenvalue weighted by Gasteiger charge is 2.40. The Balaban J connectivity index is 1.44. The van der Waals surface area contributed by atoms with Gasteiger partial charge in [-0.3, -0.25) is 0 Å². The zero-order valence-corrected chi connectivity index (χ0v) is 35.9. The number of benzene rings is 3.